The van der Waals surface area contributed by atoms with Crippen molar-refractivity contribution < 1.29 is 14.3 Å². The lowest BCUT2D eigenvalue weighted by Crippen LogP contribution is -2.39. The molecule has 0 bridgehead atoms. The number of anilines is 1. The van der Waals surface area contributed by atoms with Gasteiger partial charge in [0.15, 0.2) is 0 Å². The fraction of sp³-hybridized carbons (Fsp3) is 0.467. The minimum atomic E-state index is -0.533. The highest BCUT2D eigenvalue weighted by atomic mass is 79.9. The summed E-state index contributed by atoms with van der Waals surface area (Å²) < 4.78 is 6.07. The van der Waals surface area contributed by atoms with Crippen LogP contribution in [0.15, 0.2) is 22.7 Å². The lowest BCUT2D eigenvalue weighted by Gasteiger charge is -2.19. The van der Waals surface area contributed by atoms with Gasteiger partial charge in [0, 0.05) is 23.2 Å². The van der Waals surface area contributed by atoms with E-state index in [0.717, 1.165) is 10.0 Å². The van der Waals surface area contributed by atoms with Gasteiger partial charge in [-0.25, -0.2) is 9.59 Å². The predicted molar refractivity (Wildman–Crippen MR) is 90.1 cm³/mol. The summed E-state index contributed by atoms with van der Waals surface area (Å²) in [6.45, 7) is 7.91. The fourth-order valence-electron chi connectivity index (χ4n) is 1.55. The number of benzene rings is 1. The molecule has 0 fully saturated rings. The number of ether oxygens (including phenoxy) is 1. The summed E-state index contributed by atoms with van der Waals surface area (Å²) in [7, 11) is 0. The van der Waals surface area contributed by atoms with Crippen molar-refractivity contribution in [3.63, 3.8) is 0 Å². The maximum absolute atomic E-state index is 11.7. The van der Waals surface area contributed by atoms with Gasteiger partial charge in [0.05, 0.1) is 0 Å². The average Bonchev–Trinajstić information content (AvgIpc) is 2.37. The molecule has 0 saturated carbocycles. The predicted octanol–water partition coefficient (Wildman–Crippen LogP) is 3.40. The summed E-state index contributed by atoms with van der Waals surface area (Å²) in [6, 6.07) is 5.21. The number of alkyl carbamates (subject to hydrolysis) is 1. The number of aryl methyl sites for hydroxylation is 1. The van der Waals surface area contributed by atoms with E-state index in [1.54, 1.807) is 26.8 Å². The van der Waals surface area contributed by atoms with E-state index in [4.69, 9.17) is 4.74 Å². The van der Waals surface area contributed by atoms with Crippen LogP contribution in [-0.4, -0.2) is 30.8 Å². The lowest BCUT2D eigenvalue weighted by molar-refractivity contribution is 0.0528. The number of rotatable bonds is 4. The van der Waals surface area contributed by atoms with Gasteiger partial charge < -0.3 is 20.7 Å². The summed E-state index contributed by atoms with van der Waals surface area (Å²) in [4.78, 5) is 23.1. The highest BCUT2D eigenvalue weighted by molar-refractivity contribution is 9.10. The number of hydrogen-bond donors (Lipinski definition) is 3. The van der Waals surface area contributed by atoms with Crippen LogP contribution in [-0.2, 0) is 4.74 Å². The van der Waals surface area contributed by atoms with Crippen molar-refractivity contribution in [3.8, 4) is 0 Å². The molecule has 0 aromatic heterocycles. The molecule has 0 unspecified atom stereocenters. The van der Waals surface area contributed by atoms with Crippen LogP contribution in [0.25, 0.3) is 0 Å². The van der Waals surface area contributed by atoms with Gasteiger partial charge in [-0.2, -0.15) is 0 Å². The van der Waals surface area contributed by atoms with Crippen LogP contribution in [0, 0.1) is 6.92 Å². The third-order valence-electron chi connectivity index (χ3n) is 2.49. The smallest absolute Gasteiger partial charge is 0.407 e. The zero-order valence-corrected chi connectivity index (χ0v) is 14.8. The van der Waals surface area contributed by atoms with Crippen LogP contribution < -0.4 is 16.0 Å². The first kappa shape index (κ1) is 18.3. The number of hydrogen-bond acceptors (Lipinski definition) is 3. The first-order valence-electron chi connectivity index (χ1n) is 6.95. The Hall–Kier alpha value is -1.76. The van der Waals surface area contributed by atoms with Gasteiger partial charge in [-0.3, -0.25) is 0 Å². The molecule has 0 aliphatic rings. The second-order valence-electron chi connectivity index (χ2n) is 5.77. The molecule has 122 valence electrons. The third kappa shape index (κ3) is 7.31. The molecule has 0 spiro atoms. The lowest BCUT2D eigenvalue weighted by atomic mass is 10.2. The second-order valence-corrected chi connectivity index (χ2v) is 6.63. The summed E-state index contributed by atoms with van der Waals surface area (Å²) in [5, 5.41) is 7.94. The SMILES string of the molecule is Cc1cc(NC(=O)NCCNC(=O)OC(C)(C)C)ccc1Br. The van der Waals surface area contributed by atoms with Crippen molar-refractivity contribution in [1.82, 2.24) is 10.6 Å². The van der Waals surface area contributed by atoms with Gasteiger partial charge in [0.1, 0.15) is 5.60 Å². The van der Waals surface area contributed by atoms with Crippen molar-refractivity contribution in [2.45, 2.75) is 33.3 Å². The number of carbonyl (C=O) groups excluding carboxylic acids is 2. The normalized spacial score (nSPS) is 10.8. The first-order valence-corrected chi connectivity index (χ1v) is 7.74. The number of urea groups is 1. The van der Waals surface area contributed by atoms with E-state index in [9.17, 15) is 9.59 Å². The van der Waals surface area contributed by atoms with Crippen LogP contribution in [0.5, 0.6) is 0 Å². The van der Waals surface area contributed by atoms with Crippen LogP contribution in [0.3, 0.4) is 0 Å². The van der Waals surface area contributed by atoms with Crippen LogP contribution in [0.1, 0.15) is 26.3 Å². The van der Waals surface area contributed by atoms with E-state index in [0.29, 0.717) is 18.8 Å². The van der Waals surface area contributed by atoms with Crippen molar-refractivity contribution in [3.05, 3.63) is 28.2 Å². The molecular weight excluding hydrogens is 350 g/mol. The molecule has 6 nitrogen and oxygen atoms in total. The Morgan fingerprint density at radius 2 is 1.82 bits per heavy atom. The zero-order chi connectivity index (χ0) is 16.8. The minimum Gasteiger partial charge on any atom is -0.444 e. The third-order valence-corrected chi connectivity index (χ3v) is 3.38. The molecule has 1 rings (SSSR count). The van der Waals surface area contributed by atoms with Crippen LogP contribution in [0.2, 0.25) is 0 Å². The molecule has 0 aliphatic carbocycles. The molecule has 1 aromatic carbocycles. The number of carbonyl (C=O) groups is 2. The second kappa shape index (κ2) is 8.03. The van der Waals surface area contributed by atoms with E-state index in [-0.39, 0.29) is 6.03 Å². The molecule has 0 aliphatic heterocycles. The van der Waals surface area contributed by atoms with E-state index in [1.165, 1.54) is 0 Å². The maximum Gasteiger partial charge on any atom is 0.407 e. The van der Waals surface area contributed by atoms with Crippen LogP contribution >= 0.6 is 15.9 Å². The quantitative estimate of drug-likeness (QED) is 0.709. The Labute approximate surface area is 139 Å². The van der Waals surface area contributed by atoms with Crippen molar-refractivity contribution >= 4 is 33.7 Å². The summed E-state index contributed by atoms with van der Waals surface area (Å²) >= 11 is 3.40. The van der Waals surface area contributed by atoms with E-state index in [1.807, 2.05) is 19.1 Å². The van der Waals surface area contributed by atoms with Gasteiger partial charge in [0.2, 0.25) is 0 Å². The molecule has 1 aromatic rings. The Bertz CT molecular complexity index is 541. The molecule has 3 amide bonds. The molecule has 0 saturated heterocycles. The zero-order valence-electron chi connectivity index (χ0n) is 13.2. The average molecular weight is 372 g/mol. The summed E-state index contributed by atoms with van der Waals surface area (Å²) in [6.07, 6.45) is -0.502. The van der Waals surface area contributed by atoms with E-state index < -0.39 is 11.7 Å². The number of halogens is 1. The monoisotopic (exact) mass is 371 g/mol. The van der Waals surface area contributed by atoms with Gasteiger partial charge in [-0.15, -0.1) is 0 Å². The largest absolute Gasteiger partial charge is 0.444 e. The number of amides is 3. The summed E-state index contributed by atoms with van der Waals surface area (Å²) in [5.74, 6) is 0. The molecule has 22 heavy (non-hydrogen) atoms. The molecule has 0 atom stereocenters. The molecule has 0 heterocycles. The molecule has 3 N–H and O–H groups in total. The van der Waals surface area contributed by atoms with Crippen LogP contribution in [0.4, 0.5) is 15.3 Å². The van der Waals surface area contributed by atoms with E-state index in [2.05, 4.69) is 31.9 Å². The van der Waals surface area contributed by atoms with Crippen molar-refractivity contribution in [2.75, 3.05) is 18.4 Å². The highest BCUT2D eigenvalue weighted by Crippen LogP contribution is 2.19. The standard InChI is InChI=1S/C15H22BrN3O3/c1-10-9-11(5-6-12(10)16)19-13(20)17-7-8-18-14(21)22-15(2,3)4/h5-6,9H,7-8H2,1-4H3,(H,18,21)(H2,17,19,20). The Morgan fingerprint density at radius 1 is 1.18 bits per heavy atom. The highest BCUT2D eigenvalue weighted by Gasteiger charge is 2.15. The topological polar surface area (TPSA) is 79.5 Å². The van der Waals surface area contributed by atoms with Crippen molar-refractivity contribution in [1.29, 1.82) is 0 Å². The first-order chi connectivity index (χ1) is 10.2. The summed E-state index contributed by atoms with van der Waals surface area (Å²) in [5.41, 5.74) is 1.21. The maximum atomic E-state index is 11.7. The fourth-order valence-corrected chi connectivity index (χ4v) is 1.80. The van der Waals surface area contributed by atoms with Crippen molar-refractivity contribution in [2.24, 2.45) is 0 Å². The number of nitrogens with one attached hydrogen (secondary N) is 3. The Kier molecular flexibility index (Phi) is 6.67. The van der Waals surface area contributed by atoms with Gasteiger partial charge in [-0.1, -0.05) is 15.9 Å². The van der Waals surface area contributed by atoms with Gasteiger partial charge in [-0.05, 0) is 51.5 Å². The Balaban J connectivity index is 2.26. The molecule has 7 heteroatoms. The van der Waals surface area contributed by atoms with Gasteiger partial charge >= 0.3 is 12.1 Å². The van der Waals surface area contributed by atoms with Gasteiger partial charge in [0.25, 0.3) is 0 Å². The Morgan fingerprint density at radius 3 is 2.41 bits per heavy atom. The minimum absolute atomic E-state index is 0.293. The van der Waals surface area contributed by atoms with E-state index >= 15 is 0 Å². The molecular formula is C15H22BrN3O3. The molecule has 0 radical (unpaired) electrons.